The summed E-state index contributed by atoms with van der Waals surface area (Å²) >= 11 is 1.38. The topological polar surface area (TPSA) is 106 Å². The maximum absolute atomic E-state index is 12.3. The quantitative estimate of drug-likeness (QED) is 0.459. The molecular formula is C23H22N2O6S. The molecule has 1 unspecified atom stereocenters. The van der Waals surface area contributed by atoms with Gasteiger partial charge in [-0.2, -0.15) is 0 Å². The van der Waals surface area contributed by atoms with Crippen LogP contribution in [0.5, 0.6) is 17.2 Å². The maximum atomic E-state index is 12.3. The first-order valence-corrected chi connectivity index (χ1v) is 10.9. The number of thiophene rings is 1. The van der Waals surface area contributed by atoms with E-state index in [1.165, 1.54) is 11.3 Å². The molecule has 2 heterocycles. The minimum absolute atomic E-state index is 0.0167. The van der Waals surface area contributed by atoms with Crippen LogP contribution in [0.2, 0.25) is 0 Å². The largest absolute Gasteiger partial charge is 0.491 e. The summed E-state index contributed by atoms with van der Waals surface area (Å²) in [6, 6.07) is 15.7. The summed E-state index contributed by atoms with van der Waals surface area (Å²) in [6.45, 7) is 0.609. The van der Waals surface area contributed by atoms with Gasteiger partial charge in [0.25, 0.3) is 11.8 Å². The zero-order valence-corrected chi connectivity index (χ0v) is 17.9. The molecule has 0 fully saturated rings. The third kappa shape index (κ3) is 5.57. The Hall–Kier alpha value is -3.56. The molecule has 3 N–H and O–H groups in total. The van der Waals surface area contributed by atoms with Gasteiger partial charge in [0, 0.05) is 24.7 Å². The molecule has 9 heteroatoms. The van der Waals surface area contributed by atoms with Crippen molar-refractivity contribution in [3.63, 3.8) is 0 Å². The Labute approximate surface area is 188 Å². The molecule has 0 bridgehead atoms. The number of rotatable bonds is 9. The summed E-state index contributed by atoms with van der Waals surface area (Å²) in [6.07, 6.45) is -0.879. The highest BCUT2D eigenvalue weighted by Crippen LogP contribution is 2.35. The van der Waals surface area contributed by atoms with Crippen LogP contribution in [0.3, 0.4) is 0 Å². The lowest BCUT2D eigenvalue weighted by Crippen LogP contribution is -2.35. The van der Waals surface area contributed by atoms with Crippen molar-refractivity contribution in [2.75, 3.05) is 19.9 Å². The molecule has 0 aliphatic carbocycles. The number of carbonyl (C=O) groups is 2. The second-order valence-corrected chi connectivity index (χ2v) is 7.99. The van der Waals surface area contributed by atoms with Crippen molar-refractivity contribution < 1.29 is 28.9 Å². The van der Waals surface area contributed by atoms with Gasteiger partial charge in [0.2, 0.25) is 6.79 Å². The summed E-state index contributed by atoms with van der Waals surface area (Å²) < 4.78 is 16.1. The van der Waals surface area contributed by atoms with E-state index in [0.29, 0.717) is 34.2 Å². The van der Waals surface area contributed by atoms with Crippen LogP contribution >= 0.6 is 11.3 Å². The molecule has 0 saturated heterocycles. The first kappa shape index (κ1) is 21.7. The van der Waals surface area contributed by atoms with E-state index >= 15 is 0 Å². The highest BCUT2D eigenvalue weighted by molar-refractivity contribution is 7.12. The van der Waals surface area contributed by atoms with Crippen LogP contribution in [0.4, 0.5) is 0 Å². The molecule has 32 heavy (non-hydrogen) atoms. The SMILES string of the molecule is O=C(NCC(O)COc1ccc2c(c1)OCO2)c1ccc(CNC(=O)c2cccs2)cc1. The van der Waals surface area contributed by atoms with Gasteiger partial charge in [-0.25, -0.2) is 0 Å². The fraction of sp³-hybridized carbons (Fsp3) is 0.217. The Bertz CT molecular complexity index is 1070. The van der Waals surface area contributed by atoms with Crippen LogP contribution in [0.25, 0.3) is 0 Å². The average molecular weight is 455 g/mol. The van der Waals surface area contributed by atoms with Gasteiger partial charge >= 0.3 is 0 Å². The van der Waals surface area contributed by atoms with Crippen LogP contribution in [0, 0.1) is 0 Å². The second kappa shape index (κ2) is 10.2. The van der Waals surface area contributed by atoms with E-state index in [4.69, 9.17) is 14.2 Å². The molecule has 0 spiro atoms. The summed E-state index contributed by atoms with van der Waals surface area (Å²) in [7, 11) is 0. The van der Waals surface area contributed by atoms with E-state index in [1.807, 2.05) is 11.4 Å². The van der Waals surface area contributed by atoms with Crippen LogP contribution < -0.4 is 24.8 Å². The second-order valence-electron chi connectivity index (χ2n) is 7.05. The predicted molar refractivity (Wildman–Crippen MR) is 118 cm³/mol. The Morgan fingerprint density at radius 3 is 2.62 bits per heavy atom. The molecule has 1 atom stereocenters. The Kier molecular flexibility index (Phi) is 6.88. The lowest BCUT2D eigenvalue weighted by molar-refractivity contribution is 0.0843. The first-order chi connectivity index (χ1) is 15.6. The zero-order chi connectivity index (χ0) is 22.3. The number of ether oxygens (including phenoxy) is 3. The summed E-state index contributed by atoms with van der Waals surface area (Å²) in [5.74, 6) is 1.36. The maximum Gasteiger partial charge on any atom is 0.261 e. The fourth-order valence-corrected chi connectivity index (χ4v) is 3.62. The van der Waals surface area contributed by atoms with E-state index in [9.17, 15) is 14.7 Å². The molecule has 1 aliphatic heterocycles. The highest BCUT2D eigenvalue weighted by atomic mass is 32.1. The molecule has 3 aromatic rings. The Balaban J connectivity index is 1.19. The highest BCUT2D eigenvalue weighted by Gasteiger charge is 2.15. The average Bonchev–Trinajstić information content (AvgIpc) is 3.52. The predicted octanol–water partition coefficient (Wildman–Crippen LogP) is 2.58. The first-order valence-electron chi connectivity index (χ1n) is 9.98. The van der Waals surface area contributed by atoms with Crippen molar-refractivity contribution in [2.45, 2.75) is 12.6 Å². The van der Waals surface area contributed by atoms with Crippen LogP contribution in [0.1, 0.15) is 25.6 Å². The fourth-order valence-electron chi connectivity index (χ4n) is 2.98. The molecular weight excluding hydrogens is 432 g/mol. The third-order valence-corrected chi connectivity index (χ3v) is 5.57. The van der Waals surface area contributed by atoms with Crippen molar-refractivity contribution >= 4 is 23.2 Å². The molecule has 0 radical (unpaired) electrons. The van der Waals surface area contributed by atoms with Gasteiger partial charge in [-0.3, -0.25) is 9.59 Å². The summed E-state index contributed by atoms with van der Waals surface area (Å²) in [5, 5.41) is 17.5. The number of amides is 2. The van der Waals surface area contributed by atoms with Crippen molar-refractivity contribution in [3.8, 4) is 17.2 Å². The molecule has 0 saturated carbocycles. The number of aliphatic hydroxyl groups excluding tert-OH is 1. The number of hydrogen-bond acceptors (Lipinski definition) is 7. The van der Waals surface area contributed by atoms with Gasteiger partial charge in [0.1, 0.15) is 18.5 Å². The van der Waals surface area contributed by atoms with Crippen LogP contribution in [-0.2, 0) is 6.54 Å². The van der Waals surface area contributed by atoms with Crippen LogP contribution in [0.15, 0.2) is 60.0 Å². The Morgan fingerprint density at radius 2 is 1.84 bits per heavy atom. The summed E-state index contributed by atoms with van der Waals surface area (Å²) in [4.78, 5) is 25.0. The number of hydrogen-bond donors (Lipinski definition) is 3. The number of carbonyl (C=O) groups excluding carboxylic acids is 2. The zero-order valence-electron chi connectivity index (χ0n) is 17.1. The molecule has 2 aromatic carbocycles. The van der Waals surface area contributed by atoms with E-state index in [0.717, 1.165) is 5.56 Å². The molecule has 4 rings (SSSR count). The Morgan fingerprint density at radius 1 is 1.03 bits per heavy atom. The molecule has 1 aromatic heterocycles. The van der Waals surface area contributed by atoms with Crippen LogP contribution in [-0.4, -0.2) is 43.0 Å². The van der Waals surface area contributed by atoms with Gasteiger partial charge in [0.05, 0.1) is 4.88 Å². The van der Waals surface area contributed by atoms with Gasteiger partial charge in [-0.05, 0) is 41.3 Å². The van der Waals surface area contributed by atoms with Gasteiger partial charge < -0.3 is 30.0 Å². The number of benzene rings is 2. The smallest absolute Gasteiger partial charge is 0.261 e. The summed E-state index contributed by atoms with van der Waals surface area (Å²) in [5.41, 5.74) is 1.34. The molecule has 8 nitrogen and oxygen atoms in total. The van der Waals surface area contributed by atoms with Gasteiger partial charge in [0.15, 0.2) is 11.5 Å². The van der Waals surface area contributed by atoms with Gasteiger partial charge in [-0.15, -0.1) is 11.3 Å². The lowest BCUT2D eigenvalue weighted by Gasteiger charge is -2.14. The minimum atomic E-state index is -0.879. The van der Waals surface area contributed by atoms with Crippen molar-refractivity contribution in [3.05, 3.63) is 76.0 Å². The minimum Gasteiger partial charge on any atom is -0.491 e. The number of fused-ring (bicyclic) bond motifs is 1. The molecule has 2 amide bonds. The van der Waals surface area contributed by atoms with E-state index in [2.05, 4.69) is 10.6 Å². The van der Waals surface area contributed by atoms with Crippen molar-refractivity contribution in [1.82, 2.24) is 10.6 Å². The monoisotopic (exact) mass is 454 g/mol. The van der Waals surface area contributed by atoms with Crippen molar-refractivity contribution in [1.29, 1.82) is 0 Å². The normalized spacial score (nSPS) is 12.8. The lowest BCUT2D eigenvalue weighted by atomic mass is 10.1. The van der Waals surface area contributed by atoms with E-state index in [1.54, 1.807) is 48.5 Å². The standard InChI is InChI=1S/C23H22N2O6S/c26-17(13-29-18-7-8-19-20(10-18)31-14-30-19)12-25-22(27)16-5-3-15(4-6-16)11-24-23(28)21-2-1-9-32-21/h1-10,17,26H,11-14H2,(H,24,28)(H,25,27). The number of aliphatic hydroxyl groups is 1. The van der Waals surface area contributed by atoms with E-state index < -0.39 is 6.10 Å². The van der Waals surface area contributed by atoms with Crippen molar-refractivity contribution in [2.24, 2.45) is 0 Å². The van der Waals surface area contributed by atoms with E-state index in [-0.39, 0.29) is 31.8 Å². The number of nitrogens with one attached hydrogen (secondary N) is 2. The molecule has 1 aliphatic rings. The molecule has 166 valence electrons. The van der Waals surface area contributed by atoms with Gasteiger partial charge in [-0.1, -0.05) is 18.2 Å². The third-order valence-electron chi connectivity index (χ3n) is 4.70.